The van der Waals surface area contributed by atoms with Crippen LogP contribution in [0.1, 0.15) is 43.5 Å². The Balaban J connectivity index is 1.81. The molecule has 1 heterocycles. The molecule has 2 aromatic rings. The normalized spacial score (nSPS) is 10.7. The number of nitrogens with zero attached hydrogens (tertiary/aromatic N) is 3. The van der Waals surface area contributed by atoms with Crippen LogP contribution in [0, 0.1) is 0 Å². The van der Waals surface area contributed by atoms with E-state index in [1.54, 1.807) is 12.0 Å². The van der Waals surface area contributed by atoms with Crippen molar-refractivity contribution in [2.45, 2.75) is 45.4 Å². The highest BCUT2D eigenvalue weighted by molar-refractivity contribution is 5.75. The van der Waals surface area contributed by atoms with Gasteiger partial charge in [0.2, 0.25) is 17.7 Å². The van der Waals surface area contributed by atoms with Gasteiger partial charge in [-0.1, -0.05) is 31.5 Å². The van der Waals surface area contributed by atoms with E-state index in [0.717, 1.165) is 37.1 Å². The fraction of sp³-hybridized carbons (Fsp3) is 0.526. The van der Waals surface area contributed by atoms with E-state index >= 15 is 0 Å². The zero-order chi connectivity index (χ0) is 18.1. The Labute approximate surface area is 149 Å². The van der Waals surface area contributed by atoms with Crippen LogP contribution >= 0.6 is 0 Å². The van der Waals surface area contributed by atoms with Gasteiger partial charge in [0.15, 0.2) is 0 Å². The van der Waals surface area contributed by atoms with Gasteiger partial charge >= 0.3 is 0 Å². The Morgan fingerprint density at radius 2 is 1.88 bits per heavy atom. The third kappa shape index (κ3) is 5.89. The smallest absolute Gasteiger partial charge is 0.222 e. The van der Waals surface area contributed by atoms with Gasteiger partial charge in [-0.3, -0.25) is 4.79 Å². The number of unbranched alkanes of at least 4 members (excludes halogenated alkanes) is 1. The molecule has 0 bridgehead atoms. The number of hydrogen-bond acceptors (Lipinski definition) is 5. The van der Waals surface area contributed by atoms with Crippen LogP contribution in [-0.4, -0.2) is 41.7 Å². The van der Waals surface area contributed by atoms with E-state index in [1.165, 1.54) is 0 Å². The number of ether oxygens (including phenoxy) is 1. The molecular weight excluding hydrogens is 318 g/mol. The van der Waals surface area contributed by atoms with Crippen molar-refractivity contribution in [2.24, 2.45) is 0 Å². The van der Waals surface area contributed by atoms with E-state index in [-0.39, 0.29) is 5.91 Å². The third-order valence-corrected chi connectivity index (χ3v) is 4.13. The number of rotatable bonds is 10. The summed E-state index contributed by atoms with van der Waals surface area (Å²) in [6.07, 6.45) is 4.40. The van der Waals surface area contributed by atoms with E-state index in [4.69, 9.17) is 9.15 Å². The molecule has 0 aliphatic heterocycles. The standard InChI is InChI=1S/C19H27N3O3/c1-4-5-14-22(2)19(23)13-12-18-21-20-17(25-18)11-10-15-8-6-7-9-16(15)24-3/h6-9H,4-5,10-14H2,1-3H3. The Morgan fingerprint density at radius 1 is 1.16 bits per heavy atom. The lowest BCUT2D eigenvalue weighted by molar-refractivity contribution is -0.130. The maximum Gasteiger partial charge on any atom is 0.222 e. The van der Waals surface area contributed by atoms with Crippen LogP contribution < -0.4 is 4.74 Å². The number of benzene rings is 1. The predicted octanol–water partition coefficient (Wildman–Crippen LogP) is 3.05. The summed E-state index contributed by atoms with van der Waals surface area (Å²) in [6.45, 7) is 2.91. The van der Waals surface area contributed by atoms with Gasteiger partial charge in [0.05, 0.1) is 7.11 Å². The molecule has 0 aliphatic carbocycles. The van der Waals surface area contributed by atoms with Crippen molar-refractivity contribution >= 4 is 5.91 Å². The van der Waals surface area contributed by atoms with Crippen molar-refractivity contribution in [3.8, 4) is 5.75 Å². The molecule has 2 rings (SSSR count). The van der Waals surface area contributed by atoms with Crippen molar-refractivity contribution in [1.29, 1.82) is 0 Å². The number of aromatic nitrogens is 2. The SMILES string of the molecule is CCCCN(C)C(=O)CCc1nnc(CCc2ccccc2OC)o1. The highest BCUT2D eigenvalue weighted by Gasteiger charge is 2.12. The first-order valence-corrected chi connectivity index (χ1v) is 8.81. The van der Waals surface area contributed by atoms with Crippen molar-refractivity contribution in [1.82, 2.24) is 15.1 Å². The Morgan fingerprint density at radius 3 is 2.60 bits per heavy atom. The van der Waals surface area contributed by atoms with Crippen molar-refractivity contribution in [3.05, 3.63) is 41.6 Å². The quantitative estimate of drug-likeness (QED) is 0.662. The molecule has 0 fully saturated rings. The van der Waals surface area contributed by atoms with E-state index in [9.17, 15) is 4.79 Å². The summed E-state index contributed by atoms with van der Waals surface area (Å²) in [5, 5.41) is 8.12. The molecule has 1 aromatic carbocycles. The van der Waals surface area contributed by atoms with Crippen LogP contribution in [0.25, 0.3) is 0 Å². The molecule has 1 amide bonds. The van der Waals surface area contributed by atoms with Crippen LogP contribution in [0.15, 0.2) is 28.7 Å². The Hall–Kier alpha value is -2.37. The monoisotopic (exact) mass is 345 g/mol. The average molecular weight is 345 g/mol. The van der Waals surface area contributed by atoms with E-state index < -0.39 is 0 Å². The summed E-state index contributed by atoms with van der Waals surface area (Å²) < 4.78 is 11.0. The van der Waals surface area contributed by atoms with Gasteiger partial charge in [0, 0.05) is 32.9 Å². The molecule has 6 heteroatoms. The number of aryl methyl sites for hydroxylation is 3. The van der Waals surface area contributed by atoms with Crippen LogP contribution in [0.2, 0.25) is 0 Å². The number of carbonyl (C=O) groups is 1. The highest BCUT2D eigenvalue weighted by atomic mass is 16.5. The van der Waals surface area contributed by atoms with Gasteiger partial charge in [-0.15, -0.1) is 10.2 Å². The van der Waals surface area contributed by atoms with Crippen LogP contribution in [0.3, 0.4) is 0 Å². The summed E-state index contributed by atoms with van der Waals surface area (Å²) in [5.74, 6) is 2.09. The summed E-state index contributed by atoms with van der Waals surface area (Å²) in [6, 6.07) is 7.90. The van der Waals surface area contributed by atoms with E-state index in [0.29, 0.717) is 31.0 Å². The molecule has 0 spiro atoms. The lowest BCUT2D eigenvalue weighted by Gasteiger charge is -2.15. The van der Waals surface area contributed by atoms with E-state index in [1.807, 2.05) is 31.3 Å². The van der Waals surface area contributed by atoms with Crippen LogP contribution in [-0.2, 0) is 24.1 Å². The van der Waals surface area contributed by atoms with Crippen molar-refractivity contribution < 1.29 is 13.9 Å². The molecule has 1 aromatic heterocycles. The first kappa shape index (κ1) is 19.0. The largest absolute Gasteiger partial charge is 0.496 e. The number of para-hydroxylation sites is 1. The molecule has 0 aliphatic rings. The van der Waals surface area contributed by atoms with Gasteiger partial charge in [0.25, 0.3) is 0 Å². The fourth-order valence-corrected chi connectivity index (χ4v) is 2.57. The summed E-state index contributed by atoms with van der Waals surface area (Å²) in [7, 11) is 3.50. The van der Waals surface area contributed by atoms with Gasteiger partial charge in [-0.25, -0.2) is 0 Å². The molecule has 0 radical (unpaired) electrons. The van der Waals surface area contributed by atoms with Crippen molar-refractivity contribution in [2.75, 3.05) is 20.7 Å². The zero-order valence-corrected chi connectivity index (χ0v) is 15.3. The molecular formula is C19H27N3O3. The molecule has 0 N–H and O–H groups in total. The fourth-order valence-electron chi connectivity index (χ4n) is 2.57. The molecule has 136 valence electrons. The predicted molar refractivity (Wildman–Crippen MR) is 95.6 cm³/mol. The minimum Gasteiger partial charge on any atom is -0.496 e. The lowest BCUT2D eigenvalue weighted by Crippen LogP contribution is -2.27. The van der Waals surface area contributed by atoms with Crippen LogP contribution in [0.5, 0.6) is 5.75 Å². The van der Waals surface area contributed by atoms with Gasteiger partial charge in [0.1, 0.15) is 5.75 Å². The minimum absolute atomic E-state index is 0.113. The first-order valence-electron chi connectivity index (χ1n) is 8.81. The maximum absolute atomic E-state index is 12.0. The molecule has 0 unspecified atom stereocenters. The lowest BCUT2D eigenvalue weighted by atomic mass is 10.1. The molecule has 0 saturated carbocycles. The molecule has 6 nitrogen and oxygen atoms in total. The zero-order valence-electron chi connectivity index (χ0n) is 15.3. The Bertz CT molecular complexity index is 669. The van der Waals surface area contributed by atoms with Gasteiger partial charge in [-0.2, -0.15) is 0 Å². The van der Waals surface area contributed by atoms with Crippen LogP contribution in [0.4, 0.5) is 0 Å². The topological polar surface area (TPSA) is 68.5 Å². The highest BCUT2D eigenvalue weighted by Crippen LogP contribution is 2.19. The molecule has 0 saturated heterocycles. The van der Waals surface area contributed by atoms with Gasteiger partial charge < -0.3 is 14.1 Å². The van der Waals surface area contributed by atoms with Crippen molar-refractivity contribution in [3.63, 3.8) is 0 Å². The summed E-state index contributed by atoms with van der Waals surface area (Å²) in [4.78, 5) is 13.8. The minimum atomic E-state index is 0.113. The second-order valence-electron chi connectivity index (χ2n) is 6.07. The first-order chi connectivity index (χ1) is 12.1. The second-order valence-corrected chi connectivity index (χ2v) is 6.07. The third-order valence-electron chi connectivity index (χ3n) is 4.13. The number of carbonyl (C=O) groups excluding carboxylic acids is 1. The second kappa shape index (κ2) is 9.81. The number of hydrogen-bond donors (Lipinski definition) is 0. The average Bonchev–Trinajstić information content (AvgIpc) is 3.10. The van der Waals surface area contributed by atoms with E-state index in [2.05, 4.69) is 17.1 Å². The Kier molecular flexibility index (Phi) is 7.44. The molecule has 0 atom stereocenters. The summed E-state index contributed by atoms with van der Waals surface area (Å²) >= 11 is 0. The van der Waals surface area contributed by atoms with Gasteiger partial charge in [-0.05, 0) is 24.5 Å². The number of methoxy groups -OCH3 is 1. The number of amides is 1. The summed E-state index contributed by atoms with van der Waals surface area (Å²) in [5.41, 5.74) is 1.11. The maximum atomic E-state index is 12.0. The molecule has 25 heavy (non-hydrogen) atoms.